The van der Waals surface area contributed by atoms with Crippen molar-refractivity contribution in [2.24, 2.45) is 7.05 Å². The molecule has 98 valence electrons. The second-order valence-electron chi connectivity index (χ2n) is 4.62. The van der Waals surface area contributed by atoms with E-state index in [0.717, 1.165) is 29.1 Å². The first-order chi connectivity index (χ1) is 8.74. The van der Waals surface area contributed by atoms with Gasteiger partial charge >= 0.3 is 0 Å². The molecule has 2 heterocycles. The monoisotopic (exact) mass is 247 g/mol. The summed E-state index contributed by atoms with van der Waals surface area (Å²) in [5.74, 6) is 0.905. The molecule has 5 heteroatoms. The summed E-state index contributed by atoms with van der Waals surface area (Å²) in [4.78, 5) is 8.59. The molecule has 0 fully saturated rings. The zero-order valence-electron chi connectivity index (χ0n) is 11.4. The van der Waals surface area contributed by atoms with Crippen LogP contribution in [0.25, 0.3) is 11.0 Å². The second kappa shape index (κ2) is 5.80. The average Bonchev–Trinajstić information content (AvgIpc) is 2.66. The number of aromatic nitrogens is 4. The summed E-state index contributed by atoms with van der Waals surface area (Å²) >= 11 is 0. The fourth-order valence-electron chi connectivity index (χ4n) is 2.17. The van der Waals surface area contributed by atoms with Crippen molar-refractivity contribution < 1.29 is 0 Å². The van der Waals surface area contributed by atoms with Crippen molar-refractivity contribution in [3.8, 4) is 0 Å². The van der Waals surface area contributed by atoms with Gasteiger partial charge in [-0.25, -0.2) is 9.97 Å². The van der Waals surface area contributed by atoms with Crippen molar-refractivity contribution in [1.82, 2.24) is 19.7 Å². The first-order valence-electron chi connectivity index (χ1n) is 6.62. The van der Waals surface area contributed by atoms with Gasteiger partial charge in [0.2, 0.25) is 0 Å². The van der Waals surface area contributed by atoms with Crippen LogP contribution in [0.2, 0.25) is 0 Å². The summed E-state index contributed by atoms with van der Waals surface area (Å²) in [6.45, 7) is 5.18. The van der Waals surface area contributed by atoms with Crippen molar-refractivity contribution in [2.75, 3.05) is 11.9 Å². The highest BCUT2D eigenvalue weighted by molar-refractivity contribution is 5.88. The number of anilines is 1. The van der Waals surface area contributed by atoms with Gasteiger partial charge in [0, 0.05) is 13.6 Å². The number of hydrogen-bond donors (Lipinski definition) is 1. The van der Waals surface area contributed by atoms with Crippen molar-refractivity contribution in [2.45, 2.75) is 39.5 Å². The van der Waals surface area contributed by atoms with Gasteiger partial charge in [0.25, 0.3) is 0 Å². The Hall–Kier alpha value is -1.65. The number of nitrogens with zero attached hydrogens (tertiary/aromatic N) is 4. The minimum absolute atomic E-state index is 0.888. The van der Waals surface area contributed by atoms with Gasteiger partial charge in [-0.2, -0.15) is 5.10 Å². The highest BCUT2D eigenvalue weighted by atomic mass is 15.3. The number of hydrogen-bond acceptors (Lipinski definition) is 4. The fraction of sp³-hybridized carbons (Fsp3) is 0.615. The molecule has 0 radical (unpaired) electrons. The standard InChI is InChI=1S/C13H21N5/c1-4-5-6-7-8-14-12-11-10(2)17-18(3)13(11)16-9-15-12/h9H,4-8H2,1-3H3,(H,14,15,16). The molecule has 1 N–H and O–H groups in total. The van der Waals surface area contributed by atoms with Gasteiger partial charge in [0.15, 0.2) is 5.65 Å². The summed E-state index contributed by atoms with van der Waals surface area (Å²) in [5, 5.41) is 8.82. The van der Waals surface area contributed by atoms with E-state index in [1.165, 1.54) is 25.7 Å². The van der Waals surface area contributed by atoms with Gasteiger partial charge in [-0.3, -0.25) is 4.68 Å². The molecule has 2 rings (SSSR count). The molecule has 0 saturated carbocycles. The topological polar surface area (TPSA) is 55.6 Å². The first-order valence-corrected chi connectivity index (χ1v) is 6.62. The molecule has 0 aromatic carbocycles. The predicted octanol–water partition coefficient (Wildman–Crippen LogP) is 2.66. The number of aryl methyl sites for hydroxylation is 2. The largest absolute Gasteiger partial charge is 0.369 e. The highest BCUT2D eigenvalue weighted by Crippen LogP contribution is 2.21. The van der Waals surface area contributed by atoms with E-state index in [4.69, 9.17) is 0 Å². The summed E-state index contributed by atoms with van der Waals surface area (Å²) < 4.78 is 1.80. The summed E-state index contributed by atoms with van der Waals surface area (Å²) in [7, 11) is 1.91. The Balaban J connectivity index is 2.08. The van der Waals surface area contributed by atoms with Crippen LogP contribution in [0, 0.1) is 6.92 Å². The molecular weight excluding hydrogens is 226 g/mol. The lowest BCUT2D eigenvalue weighted by molar-refractivity contribution is 0.684. The van der Waals surface area contributed by atoms with Crippen molar-refractivity contribution in [3.05, 3.63) is 12.0 Å². The summed E-state index contributed by atoms with van der Waals surface area (Å²) in [6.07, 6.45) is 6.60. The van der Waals surface area contributed by atoms with Crippen LogP contribution in [0.15, 0.2) is 6.33 Å². The molecule has 0 spiro atoms. The van der Waals surface area contributed by atoms with Gasteiger partial charge in [-0.05, 0) is 13.3 Å². The lowest BCUT2D eigenvalue weighted by Crippen LogP contribution is -2.04. The fourth-order valence-corrected chi connectivity index (χ4v) is 2.17. The number of nitrogens with one attached hydrogen (secondary N) is 1. The molecule has 2 aromatic heterocycles. The molecular formula is C13H21N5. The van der Waals surface area contributed by atoms with E-state index in [2.05, 4.69) is 27.3 Å². The van der Waals surface area contributed by atoms with Gasteiger partial charge in [0.05, 0.1) is 11.1 Å². The number of unbranched alkanes of at least 4 members (excludes halogenated alkanes) is 3. The lowest BCUT2D eigenvalue weighted by atomic mass is 10.2. The van der Waals surface area contributed by atoms with Gasteiger partial charge in [0.1, 0.15) is 12.1 Å². The van der Waals surface area contributed by atoms with E-state index in [1.54, 1.807) is 11.0 Å². The molecule has 2 aromatic rings. The molecule has 18 heavy (non-hydrogen) atoms. The molecule has 0 amide bonds. The maximum Gasteiger partial charge on any atom is 0.163 e. The molecule has 0 aliphatic heterocycles. The Morgan fingerprint density at radius 2 is 2.06 bits per heavy atom. The van der Waals surface area contributed by atoms with Crippen LogP contribution in [-0.2, 0) is 7.05 Å². The third kappa shape index (κ3) is 2.60. The van der Waals surface area contributed by atoms with E-state index in [9.17, 15) is 0 Å². The van der Waals surface area contributed by atoms with E-state index >= 15 is 0 Å². The predicted molar refractivity (Wildman–Crippen MR) is 73.7 cm³/mol. The zero-order valence-corrected chi connectivity index (χ0v) is 11.4. The van der Waals surface area contributed by atoms with Crippen LogP contribution >= 0.6 is 0 Å². The Bertz CT molecular complexity index is 517. The number of rotatable bonds is 6. The summed E-state index contributed by atoms with van der Waals surface area (Å²) in [6, 6.07) is 0. The summed E-state index contributed by atoms with van der Waals surface area (Å²) in [5.41, 5.74) is 1.86. The van der Waals surface area contributed by atoms with Gasteiger partial charge in [-0.1, -0.05) is 26.2 Å². The third-order valence-corrected chi connectivity index (χ3v) is 3.12. The van der Waals surface area contributed by atoms with Crippen LogP contribution in [0.4, 0.5) is 5.82 Å². The van der Waals surface area contributed by atoms with Crippen LogP contribution in [-0.4, -0.2) is 26.3 Å². The molecule has 0 saturated heterocycles. The smallest absolute Gasteiger partial charge is 0.163 e. The maximum absolute atomic E-state index is 4.38. The minimum Gasteiger partial charge on any atom is -0.369 e. The average molecular weight is 247 g/mol. The lowest BCUT2D eigenvalue weighted by Gasteiger charge is -2.06. The van der Waals surface area contributed by atoms with Crippen LogP contribution in [0.1, 0.15) is 38.3 Å². The minimum atomic E-state index is 0.888. The Morgan fingerprint density at radius 1 is 1.22 bits per heavy atom. The van der Waals surface area contributed by atoms with Crippen LogP contribution in [0.3, 0.4) is 0 Å². The van der Waals surface area contributed by atoms with Gasteiger partial charge in [-0.15, -0.1) is 0 Å². The molecule has 0 aliphatic rings. The van der Waals surface area contributed by atoms with E-state index in [-0.39, 0.29) is 0 Å². The van der Waals surface area contributed by atoms with Crippen molar-refractivity contribution in [3.63, 3.8) is 0 Å². The first kappa shape index (κ1) is 12.8. The van der Waals surface area contributed by atoms with E-state index in [1.807, 2.05) is 14.0 Å². The normalized spacial score (nSPS) is 11.1. The Morgan fingerprint density at radius 3 is 2.83 bits per heavy atom. The molecule has 5 nitrogen and oxygen atoms in total. The van der Waals surface area contributed by atoms with Crippen LogP contribution < -0.4 is 5.32 Å². The Labute approximate surface area is 108 Å². The second-order valence-corrected chi connectivity index (χ2v) is 4.62. The molecule has 0 unspecified atom stereocenters. The molecule has 0 aliphatic carbocycles. The highest BCUT2D eigenvalue weighted by Gasteiger charge is 2.11. The Kier molecular flexibility index (Phi) is 4.12. The third-order valence-electron chi connectivity index (χ3n) is 3.12. The van der Waals surface area contributed by atoms with E-state index in [0.29, 0.717) is 0 Å². The quantitative estimate of drug-likeness (QED) is 0.797. The number of fused-ring (bicyclic) bond motifs is 1. The van der Waals surface area contributed by atoms with Crippen LogP contribution in [0.5, 0.6) is 0 Å². The van der Waals surface area contributed by atoms with Crippen molar-refractivity contribution in [1.29, 1.82) is 0 Å². The molecule has 0 bridgehead atoms. The van der Waals surface area contributed by atoms with Crippen molar-refractivity contribution >= 4 is 16.9 Å². The zero-order chi connectivity index (χ0) is 13.0. The molecule has 0 atom stereocenters. The SMILES string of the molecule is CCCCCCNc1ncnc2c1c(C)nn2C. The maximum atomic E-state index is 4.38. The van der Waals surface area contributed by atoms with Gasteiger partial charge < -0.3 is 5.32 Å². The van der Waals surface area contributed by atoms with E-state index < -0.39 is 0 Å².